The van der Waals surface area contributed by atoms with Crippen molar-refractivity contribution in [1.29, 1.82) is 5.26 Å². The van der Waals surface area contributed by atoms with E-state index in [0.717, 1.165) is 6.07 Å². The molecule has 1 rings (SSSR count). The minimum absolute atomic E-state index is 0.0515. The smallest absolute Gasteiger partial charge is 0.250 e. The summed E-state index contributed by atoms with van der Waals surface area (Å²) in [6.45, 7) is 3.53. The van der Waals surface area contributed by atoms with Crippen LogP contribution in [0.1, 0.15) is 19.4 Å². The molecule has 1 aromatic carbocycles. The second-order valence-electron chi connectivity index (χ2n) is 3.71. The van der Waals surface area contributed by atoms with Crippen molar-refractivity contribution in [3.8, 4) is 6.07 Å². The summed E-state index contributed by atoms with van der Waals surface area (Å²) in [5.41, 5.74) is 0.370. The second kappa shape index (κ2) is 5.97. The molecule has 0 aliphatic heterocycles. The topological polar surface area (TPSA) is 62.1 Å². The Hall–Kier alpha value is -1.93. The van der Waals surface area contributed by atoms with Crippen LogP contribution in [-0.2, 0) is 9.53 Å². The lowest BCUT2D eigenvalue weighted by atomic mass is 10.2. The number of rotatable bonds is 4. The van der Waals surface area contributed by atoms with Gasteiger partial charge in [-0.25, -0.2) is 4.39 Å². The van der Waals surface area contributed by atoms with Crippen LogP contribution in [0, 0.1) is 17.1 Å². The summed E-state index contributed by atoms with van der Waals surface area (Å²) < 4.78 is 17.9. The fraction of sp³-hybridized carbons (Fsp3) is 0.333. The molecule has 0 spiro atoms. The summed E-state index contributed by atoms with van der Waals surface area (Å²) in [5, 5.41) is 11.3. The number of nitrogens with one attached hydrogen (secondary N) is 1. The van der Waals surface area contributed by atoms with E-state index in [4.69, 9.17) is 10.00 Å². The molecule has 0 aliphatic carbocycles. The molecule has 1 amide bonds. The van der Waals surface area contributed by atoms with Crippen molar-refractivity contribution in [3.05, 3.63) is 29.6 Å². The van der Waals surface area contributed by atoms with E-state index in [0.29, 0.717) is 0 Å². The average molecular weight is 236 g/mol. The van der Waals surface area contributed by atoms with Gasteiger partial charge in [-0.2, -0.15) is 5.26 Å². The van der Waals surface area contributed by atoms with Crippen LogP contribution in [0.3, 0.4) is 0 Å². The van der Waals surface area contributed by atoms with Gasteiger partial charge in [0.05, 0.1) is 17.4 Å². The maximum absolute atomic E-state index is 12.8. The Labute approximate surface area is 99.0 Å². The molecule has 0 aromatic heterocycles. The summed E-state index contributed by atoms with van der Waals surface area (Å²) >= 11 is 0. The largest absolute Gasteiger partial charge is 0.369 e. The standard InChI is InChI=1S/C12H13FN2O2/c1-8(2)17-7-12(16)15-11-4-3-10(13)5-9(11)6-14/h3-5,8H,7H2,1-2H3,(H,15,16). The van der Waals surface area contributed by atoms with E-state index in [-0.39, 0.29) is 29.9 Å². The number of carbonyl (C=O) groups excluding carboxylic acids is 1. The predicted molar refractivity (Wildman–Crippen MR) is 60.8 cm³/mol. The zero-order chi connectivity index (χ0) is 12.8. The predicted octanol–water partition coefficient (Wildman–Crippen LogP) is 2.06. The molecule has 4 nitrogen and oxygen atoms in total. The zero-order valence-corrected chi connectivity index (χ0v) is 9.66. The third kappa shape index (κ3) is 4.21. The van der Waals surface area contributed by atoms with Gasteiger partial charge in [-0.15, -0.1) is 0 Å². The number of benzene rings is 1. The van der Waals surface area contributed by atoms with Gasteiger partial charge in [-0.1, -0.05) is 0 Å². The van der Waals surface area contributed by atoms with Crippen LogP contribution in [0.2, 0.25) is 0 Å². The molecule has 0 aliphatic rings. The first-order chi connectivity index (χ1) is 8.02. The monoisotopic (exact) mass is 236 g/mol. The molecule has 0 unspecified atom stereocenters. The van der Waals surface area contributed by atoms with Crippen molar-refractivity contribution >= 4 is 11.6 Å². The van der Waals surface area contributed by atoms with Crippen LogP contribution >= 0.6 is 0 Å². The van der Waals surface area contributed by atoms with Gasteiger partial charge in [0.15, 0.2) is 0 Å². The van der Waals surface area contributed by atoms with E-state index in [1.165, 1.54) is 12.1 Å². The minimum atomic E-state index is -0.516. The second-order valence-corrected chi connectivity index (χ2v) is 3.71. The lowest BCUT2D eigenvalue weighted by Gasteiger charge is -2.09. The molecule has 5 heteroatoms. The number of hydrogen-bond acceptors (Lipinski definition) is 3. The third-order valence-electron chi connectivity index (χ3n) is 1.92. The Morgan fingerprint density at radius 2 is 2.29 bits per heavy atom. The minimum Gasteiger partial charge on any atom is -0.369 e. The summed E-state index contributed by atoms with van der Waals surface area (Å²) in [5.74, 6) is -0.889. The summed E-state index contributed by atoms with van der Waals surface area (Å²) in [6.07, 6.45) is -0.0515. The number of nitrogens with zero attached hydrogens (tertiary/aromatic N) is 1. The highest BCUT2D eigenvalue weighted by atomic mass is 19.1. The van der Waals surface area contributed by atoms with Gasteiger partial charge in [-0.3, -0.25) is 4.79 Å². The van der Waals surface area contributed by atoms with Gasteiger partial charge in [0.1, 0.15) is 18.5 Å². The first-order valence-corrected chi connectivity index (χ1v) is 5.14. The summed E-state index contributed by atoms with van der Waals surface area (Å²) in [4.78, 5) is 11.4. The molecule has 0 atom stereocenters. The van der Waals surface area contributed by atoms with Crippen LogP contribution in [0.15, 0.2) is 18.2 Å². The van der Waals surface area contributed by atoms with Crippen molar-refractivity contribution in [1.82, 2.24) is 0 Å². The van der Waals surface area contributed by atoms with E-state index < -0.39 is 5.82 Å². The Balaban J connectivity index is 2.69. The van der Waals surface area contributed by atoms with Crippen molar-refractivity contribution in [2.75, 3.05) is 11.9 Å². The Bertz CT molecular complexity index is 452. The van der Waals surface area contributed by atoms with Crippen molar-refractivity contribution in [2.45, 2.75) is 20.0 Å². The molecule has 1 N–H and O–H groups in total. The van der Waals surface area contributed by atoms with E-state index >= 15 is 0 Å². The van der Waals surface area contributed by atoms with Gasteiger partial charge >= 0.3 is 0 Å². The molecular formula is C12H13FN2O2. The number of ether oxygens (including phenoxy) is 1. The molecule has 90 valence electrons. The average Bonchev–Trinajstić information content (AvgIpc) is 2.28. The maximum Gasteiger partial charge on any atom is 0.250 e. The van der Waals surface area contributed by atoms with E-state index in [9.17, 15) is 9.18 Å². The summed E-state index contributed by atoms with van der Waals surface area (Å²) in [6, 6.07) is 5.41. The first-order valence-electron chi connectivity index (χ1n) is 5.14. The first kappa shape index (κ1) is 13.1. The molecule has 1 aromatic rings. The van der Waals surface area contributed by atoms with Gasteiger partial charge in [0.25, 0.3) is 0 Å². The SMILES string of the molecule is CC(C)OCC(=O)Nc1ccc(F)cc1C#N. The fourth-order valence-electron chi connectivity index (χ4n) is 1.15. The number of anilines is 1. The third-order valence-corrected chi connectivity index (χ3v) is 1.92. The van der Waals surface area contributed by atoms with E-state index in [1.807, 2.05) is 19.9 Å². The Morgan fingerprint density at radius 3 is 2.88 bits per heavy atom. The van der Waals surface area contributed by atoms with Crippen LogP contribution in [0.25, 0.3) is 0 Å². The van der Waals surface area contributed by atoms with Gasteiger partial charge in [0.2, 0.25) is 5.91 Å². The highest BCUT2D eigenvalue weighted by molar-refractivity contribution is 5.93. The van der Waals surface area contributed by atoms with Crippen LogP contribution in [0.5, 0.6) is 0 Å². The number of hydrogen-bond donors (Lipinski definition) is 1. The lowest BCUT2D eigenvalue weighted by Crippen LogP contribution is -2.21. The van der Waals surface area contributed by atoms with E-state index in [2.05, 4.69) is 5.32 Å². The molecule has 0 fully saturated rings. The highest BCUT2D eigenvalue weighted by Crippen LogP contribution is 2.15. The lowest BCUT2D eigenvalue weighted by molar-refractivity contribution is -0.121. The number of carbonyl (C=O) groups is 1. The quantitative estimate of drug-likeness (QED) is 0.870. The van der Waals surface area contributed by atoms with Gasteiger partial charge in [-0.05, 0) is 32.0 Å². The van der Waals surface area contributed by atoms with Crippen LogP contribution in [-0.4, -0.2) is 18.6 Å². The maximum atomic E-state index is 12.8. The highest BCUT2D eigenvalue weighted by Gasteiger charge is 2.08. The number of amides is 1. The normalized spacial score (nSPS) is 10.1. The molecular weight excluding hydrogens is 223 g/mol. The molecule has 0 radical (unpaired) electrons. The zero-order valence-electron chi connectivity index (χ0n) is 9.66. The van der Waals surface area contributed by atoms with Gasteiger partial charge in [0, 0.05) is 0 Å². The molecule has 0 saturated carbocycles. The van der Waals surface area contributed by atoms with Crippen LogP contribution in [0.4, 0.5) is 10.1 Å². The van der Waals surface area contributed by atoms with Crippen molar-refractivity contribution in [3.63, 3.8) is 0 Å². The molecule has 17 heavy (non-hydrogen) atoms. The van der Waals surface area contributed by atoms with Crippen LogP contribution < -0.4 is 5.32 Å². The van der Waals surface area contributed by atoms with E-state index in [1.54, 1.807) is 0 Å². The molecule has 0 bridgehead atoms. The summed E-state index contributed by atoms with van der Waals surface area (Å²) in [7, 11) is 0. The van der Waals surface area contributed by atoms with Crippen molar-refractivity contribution in [2.24, 2.45) is 0 Å². The molecule has 0 saturated heterocycles. The van der Waals surface area contributed by atoms with Crippen molar-refractivity contribution < 1.29 is 13.9 Å². The van der Waals surface area contributed by atoms with Gasteiger partial charge < -0.3 is 10.1 Å². The number of halogens is 1. The fourth-order valence-corrected chi connectivity index (χ4v) is 1.15. The number of nitriles is 1. The Kier molecular flexibility index (Phi) is 4.61. The Morgan fingerprint density at radius 1 is 1.59 bits per heavy atom. The molecule has 0 heterocycles.